The van der Waals surface area contributed by atoms with E-state index in [1.165, 1.54) is 19.4 Å². The van der Waals surface area contributed by atoms with E-state index in [-0.39, 0.29) is 0 Å². The molecule has 2 nitrogen and oxygen atoms in total. The molecule has 1 fully saturated rings. The highest BCUT2D eigenvalue weighted by Gasteiger charge is 2.21. The molecule has 0 aromatic carbocycles. The van der Waals surface area contributed by atoms with Crippen molar-refractivity contribution in [1.29, 1.82) is 0 Å². The lowest BCUT2D eigenvalue weighted by Gasteiger charge is -2.35. The standard InChI is InChI=1S/C10H21NOS/c1-9-7-11(5-3-4-6-13)8-10(2)12-9/h9-10,13H,3-8H2,1-2H3/t9-,10+. The summed E-state index contributed by atoms with van der Waals surface area (Å²) in [4.78, 5) is 2.50. The van der Waals surface area contributed by atoms with Crippen LogP contribution in [-0.2, 0) is 4.74 Å². The first-order chi connectivity index (χ1) is 6.22. The lowest BCUT2D eigenvalue weighted by Crippen LogP contribution is -2.45. The van der Waals surface area contributed by atoms with Crippen LogP contribution in [0.25, 0.3) is 0 Å². The summed E-state index contributed by atoms with van der Waals surface area (Å²) in [6.07, 6.45) is 3.30. The van der Waals surface area contributed by atoms with Crippen LogP contribution in [-0.4, -0.2) is 42.5 Å². The number of hydrogen-bond donors (Lipinski definition) is 1. The Labute approximate surface area is 87.0 Å². The van der Waals surface area contributed by atoms with Crippen molar-refractivity contribution in [2.24, 2.45) is 0 Å². The molecule has 1 rings (SSSR count). The van der Waals surface area contributed by atoms with Crippen molar-refractivity contribution in [1.82, 2.24) is 4.90 Å². The first-order valence-corrected chi connectivity index (χ1v) is 5.84. The number of rotatable bonds is 4. The Morgan fingerprint density at radius 2 is 1.85 bits per heavy atom. The van der Waals surface area contributed by atoms with E-state index in [9.17, 15) is 0 Å². The molecular formula is C10H21NOS. The number of nitrogens with zero attached hydrogens (tertiary/aromatic N) is 1. The lowest BCUT2D eigenvalue weighted by atomic mass is 10.2. The summed E-state index contributed by atoms with van der Waals surface area (Å²) in [5, 5.41) is 0. The minimum atomic E-state index is 0.403. The Morgan fingerprint density at radius 1 is 1.23 bits per heavy atom. The maximum absolute atomic E-state index is 5.67. The Morgan fingerprint density at radius 3 is 2.38 bits per heavy atom. The molecule has 0 amide bonds. The molecule has 0 N–H and O–H groups in total. The molecule has 0 radical (unpaired) electrons. The minimum absolute atomic E-state index is 0.403. The second kappa shape index (κ2) is 5.89. The second-order valence-corrected chi connectivity index (χ2v) is 4.39. The van der Waals surface area contributed by atoms with Gasteiger partial charge in [-0.25, -0.2) is 0 Å². The molecule has 0 aromatic heterocycles. The molecule has 78 valence electrons. The van der Waals surface area contributed by atoms with Crippen molar-refractivity contribution in [3.63, 3.8) is 0 Å². The van der Waals surface area contributed by atoms with Crippen LogP contribution in [0.2, 0.25) is 0 Å². The van der Waals surface area contributed by atoms with E-state index in [1.807, 2.05) is 0 Å². The topological polar surface area (TPSA) is 12.5 Å². The van der Waals surface area contributed by atoms with Gasteiger partial charge in [-0.3, -0.25) is 4.90 Å². The molecule has 1 aliphatic rings. The van der Waals surface area contributed by atoms with Gasteiger partial charge in [-0.05, 0) is 39.0 Å². The van der Waals surface area contributed by atoms with Crippen molar-refractivity contribution in [2.75, 3.05) is 25.4 Å². The lowest BCUT2D eigenvalue weighted by molar-refractivity contribution is -0.0680. The molecule has 0 aliphatic carbocycles. The average molecular weight is 203 g/mol. The van der Waals surface area contributed by atoms with E-state index < -0.39 is 0 Å². The fourth-order valence-corrected chi connectivity index (χ4v) is 2.14. The number of hydrogen-bond acceptors (Lipinski definition) is 3. The smallest absolute Gasteiger partial charge is 0.0678 e. The van der Waals surface area contributed by atoms with Crippen LogP contribution in [0.4, 0.5) is 0 Å². The van der Waals surface area contributed by atoms with Crippen molar-refractivity contribution in [3.8, 4) is 0 Å². The maximum atomic E-state index is 5.67. The summed E-state index contributed by atoms with van der Waals surface area (Å²) < 4.78 is 5.67. The van der Waals surface area contributed by atoms with Crippen LogP contribution in [0.1, 0.15) is 26.7 Å². The number of ether oxygens (including phenoxy) is 1. The van der Waals surface area contributed by atoms with Gasteiger partial charge < -0.3 is 4.74 Å². The van der Waals surface area contributed by atoms with Crippen LogP contribution in [0.5, 0.6) is 0 Å². The molecule has 2 atom stereocenters. The second-order valence-electron chi connectivity index (χ2n) is 3.95. The summed E-state index contributed by atoms with van der Waals surface area (Å²) in [5.41, 5.74) is 0. The monoisotopic (exact) mass is 203 g/mol. The van der Waals surface area contributed by atoms with E-state index in [0.29, 0.717) is 12.2 Å². The molecule has 0 bridgehead atoms. The van der Waals surface area contributed by atoms with Gasteiger partial charge in [-0.1, -0.05) is 0 Å². The Kier molecular flexibility index (Phi) is 5.14. The van der Waals surface area contributed by atoms with Crippen LogP contribution in [0.3, 0.4) is 0 Å². The third-order valence-corrected chi connectivity index (χ3v) is 2.69. The van der Waals surface area contributed by atoms with Gasteiger partial charge >= 0.3 is 0 Å². The summed E-state index contributed by atoms with van der Waals surface area (Å²) in [6, 6.07) is 0. The van der Waals surface area contributed by atoms with Crippen molar-refractivity contribution in [2.45, 2.75) is 38.9 Å². The van der Waals surface area contributed by atoms with Gasteiger partial charge in [0.15, 0.2) is 0 Å². The zero-order valence-electron chi connectivity index (χ0n) is 8.70. The fraction of sp³-hybridized carbons (Fsp3) is 1.00. The van der Waals surface area contributed by atoms with Gasteiger partial charge in [-0.15, -0.1) is 0 Å². The Hall–Kier alpha value is 0.270. The van der Waals surface area contributed by atoms with Crippen LogP contribution in [0.15, 0.2) is 0 Å². The molecule has 0 spiro atoms. The zero-order valence-corrected chi connectivity index (χ0v) is 9.59. The highest BCUT2D eigenvalue weighted by atomic mass is 32.1. The van der Waals surface area contributed by atoms with E-state index in [4.69, 9.17) is 4.74 Å². The molecular weight excluding hydrogens is 182 g/mol. The van der Waals surface area contributed by atoms with Crippen molar-refractivity contribution < 1.29 is 4.74 Å². The minimum Gasteiger partial charge on any atom is -0.373 e. The van der Waals surface area contributed by atoms with Gasteiger partial charge in [0.2, 0.25) is 0 Å². The van der Waals surface area contributed by atoms with Crippen molar-refractivity contribution in [3.05, 3.63) is 0 Å². The molecule has 1 heterocycles. The molecule has 0 unspecified atom stereocenters. The Bertz CT molecular complexity index is 133. The molecule has 3 heteroatoms. The summed E-state index contributed by atoms with van der Waals surface area (Å²) >= 11 is 4.21. The third-order valence-electron chi connectivity index (χ3n) is 2.38. The van der Waals surface area contributed by atoms with Crippen LogP contribution < -0.4 is 0 Å². The summed E-state index contributed by atoms with van der Waals surface area (Å²) in [7, 11) is 0. The van der Waals surface area contributed by atoms with E-state index in [2.05, 4.69) is 31.4 Å². The largest absolute Gasteiger partial charge is 0.373 e. The summed E-state index contributed by atoms with van der Waals surface area (Å²) in [5.74, 6) is 1.01. The number of morpholine rings is 1. The van der Waals surface area contributed by atoms with Gasteiger partial charge in [0.05, 0.1) is 12.2 Å². The molecule has 0 saturated carbocycles. The van der Waals surface area contributed by atoms with Gasteiger partial charge in [-0.2, -0.15) is 12.6 Å². The van der Waals surface area contributed by atoms with Gasteiger partial charge in [0.1, 0.15) is 0 Å². The van der Waals surface area contributed by atoms with Crippen LogP contribution in [0, 0.1) is 0 Å². The molecule has 1 saturated heterocycles. The maximum Gasteiger partial charge on any atom is 0.0678 e. The molecule has 13 heavy (non-hydrogen) atoms. The average Bonchev–Trinajstić information content (AvgIpc) is 2.03. The van der Waals surface area contributed by atoms with Crippen molar-refractivity contribution >= 4 is 12.6 Å². The molecule has 1 aliphatic heterocycles. The number of thiol groups is 1. The van der Waals surface area contributed by atoms with Crippen LogP contribution >= 0.6 is 12.6 Å². The predicted octanol–water partition coefficient (Wildman–Crippen LogP) is 1.81. The SMILES string of the molecule is C[C@@H]1CN(CCCCS)C[C@H](C)O1. The van der Waals surface area contributed by atoms with Gasteiger partial charge in [0.25, 0.3) is 0 Å². The summed E-state index contributed by atoms with van der Waals surface area (Å²) in [6.45, 7) is 7.70. The number of unbranched alkanes of at least 4 members (excludes halogenated alkanes) is 1. The van der Waals surface area contributed by atoms with E-state index >= 15 is 0 Å². The quantitative estimate of drug-likeness (QED) is 0.552. The van der Waals surface area contributed by atoms with E-state index in [1.54, 1.807) is 0 Å². The normalized spacial score (nSPS) is 30.7. The first kappa shape index (κ1) is 11.3. The Balaban J connectivity index is 2.17. The fourth-order valence-electron chi connectivity index (χ4n) is 1.91. The predicted molar refractivity (Wildman–Crippen MR) is 59.5 cm³/mol. The highest BCUT2D eigenvalue weighted by Crippen LogP contribution is 2.11. The highest BCUT2D eigenvalue weighted by molar-refractivity contribution is 7.80. The molecule has 0 aromatic rings. The third kappa shape index (κ3) is 4.34. The zero-order chi connectivity index (χ0) is 9.68. The van der Waals surface area contributed by atoms with Gasteiger partial charge in [0, 0.05) is 13.1 Å². The first-order valence-electron chi connectivity index (χ1n) is 5.21. The van der Waals surface area contributed by atoms with E-state index in [0.717, 1.165) is 18.8 Å².